The zero-order valence-corrected chi connectivity index (χ0v) is 28.9. The van der Waals surface area contributed by atoms with Gasteiger partial charge in [0.05, 0.1) is 0 Å². The molecule has 0 aliphatic heterocycles. The molecule has 5 heteroatoms. The van der Waals surface area contributed by atoms with Crippen molar-refractivity contribution in [3.8, 4) is 33.9 Å². The molecule has 0 bridgehead atoms. The van der Waals surface area contributed by atoms with Crippen LogP contribution in [0.2, 0.25) is 0 Å². The molecule has 10 aromatic rings. The SMILES string of the molecule is CC1CC=C(c2nc(-c3ccc4ccccc4c3)nc(-c3ccc4ccccc4c3)n2)c2c1oc1c(-c3ccc4oc5ccccc5c4c3)cccc21. The van der Waals surface area contributed by atoms with Crippen LogP contribution in [0.1, 0.15) is 36.4 Å². The monoisotopic (exact) mass is 681 g/mol. The zero-order valence-electron chi connectivity index (χ0n) is 28.9. The molecule has 1 unspecified atom stereocenters. The Morgan fingerprint density at radius 2 is 1.09 bits per heavy atom. The lowest BCUT2D eigenvalue weighted by Gasteiger charge is -2.18. The average Bonchev–Trinajstić information content (AvgIpc) is 3.80. The molecule has 0 N–H and O–H groups in total. The number of hydrogen-bond acceptors (Lipinski definition) is 5. The lowest BCUT2D eigenvalue weighted by molar-refractivity contribution is 0.503. The van der Waals surface area contributed by atoms with E-state index in [4.69, 9.17) is 23.8 Å². The fraction of sp³-hybridized carbons (Fsp3) is 0.0625. The highest BCUT2D eigenvalue weighted by molar-refractivity contribution is 6.08. The van der Waals surface area contributed by atoms with Gasteiger partial charge in [-0.05, 0) is 63.9 Å². The molecular formula is C48H31N3O2. The molecule has 1 atom stereocenters. The number of allylic oxidation sites excluding steroid dienone is 1. The van der Waals surface area contributed by atoms with Crippen molar-refractivity contribution in [2.24, 2.45) is 0 Å². The summed E-state index contributed by atoms with van der Waals surface area (Å²) in [6.45, 7) is 2.23. The van der Waals surface area contributed by atoms with Gasteiger partial charge in [-0.3, -0.25) is 0 Å². The van der Waals surface area contributed by atoms with Crippen molar-refractivity contribution in [3.63, 3.8) is 0 Å². The van der Waals surface area contributed by atoms with E-state index in [1.54, 1.807) is 0 Å². The Kier molecular flexibility index (Phi) is 6.52. The predicted octanol–water partition coefficient (Wildman–Crippen LogP) is 12.8. The van der Waals surface area contributed by atoms with Gasteiger partial charge in [0.15, 0.2) is 17.5 Å². The first-order valence-electron chi connectivity index (χ1n) is 18.1. The Bertz CT molecular complexity index is 3030. The quantitative estimate of drug-likeness (QED) is 0.185. The summed E-state index contributed by atoms with van der Waals surface area (Å²) in [6.07, 6.45) is 3.09. The number of furan rings is 2. The lowest BCUT2D eigenvalue weighted by atomic mass is 9.87. The van der Waals surface area contributed by atoms with Crippen LogP contribution in [0.5, 0.6) is 0 Å². The molecule has 0 fully saturated rings. The van der Waals surface area contributed by atoms with E-state index in [1.807, 2.05) is 12.1 Å². The second-order valence-electron chi connectivity index (χ2n) is 14.0. The molecule has 1 aliphatic rings. The third kappa shape index (κ3) is 4.81. The lowest BCUT2D eigenvalue weighted by Crippen LogP contribution is -2.08. The van der Waals surface area contributed by atoms with Gasteiger partial charge in [-0.15, -0.1) is 0 Å². The Morgan fingerprint density at radius 1 is 0.491 bits per heavy atom. The van der Waals surface area contributed by atoms with E-state index in [1.165, 1.54) is 10.8 Å². The molecule has 1 aliphatic carbocycles. The number of hydrogen-bond donors (Lipinski definition) is 0. The summed E-state index contributed by atoms with van der Waals surface area (Å²) in [5.41, 5.74) is 8.66. The molecule has 0 amide bonds. The number of fused-ring (bicyclic) bond motifs is 8. The van der Waals surface area contributed by atoms with Crippen LogP contribution in [0.25, 0.3) is 93.9 Å². The molecule has 0 saturated carbocycles. The summed E-state index contributed by atoms with van der Waals surface area (Å²) in [5.74, 6) is 3.06. The van der Waals surface area contributed by atoms with Gasteiger partial charge < -0.3 is 8.83 Å². The zero-order chi connectivity index (χ0) is 35.0. The molecule has 0 saturated heterocycles. The predicted molar refractivity (Wildman–Crippen MR) is 215 cm³/mol. The summed E-state index contributed by atoms with van der Waals surface area (Å²) >= 11 is 0. The van der Waals surface area contributed by atoms with Gasteiger partial charge in [0.2, 0.25) is 0 Å². The molecule has 3 heterocycles. The number of rotatable bonds is 4. The van der Waals surface area contributed by atoms with Crippen LogP contribution in [-0.2, 0) is 0 Å². The van der Waals surface area contributed by atoms with Crippen molar-refractivity contribution < 1.29 is 8.83 Å². The Hall–Kier alpha value is -6.85. The second kappa shape index (κ2) is 11.6. The van der Waals surface area contributed by atoms with Crippen LogP contribution in [-0.4, -0.2) is 15.0 Å². The van der Waals surface area contributed by atoms with E-state index >= 15 is 0 Å². The fourth-order valence-corrected chi connectivity index (χ4v) is 8.00. The molecule has 0 spiro atoms. The fourth-order valence-electron chi connectivity index (χ4n) is 8.00. The van der Waals surface area contributed by atoms with Crippen molar-refractivity contribution in [2.45, 2.75) is 19.3 Å². The largest absolute Gasteiger partial charge is 0.459 e. The third-order valence-corrected chi connectivity index (χ3v) is 10.7. The summed E-state index contributed by atoms with van der Waals surface area (Å²) in [4.78, 5) is 15.6. The number of nitrogens with zero attached hydrogens (tertiary/aromatic N) is 3. The second-order valence-corrected chi connectivity index (χ2v) is 14.0. The van der Waals surface area contributed by atoms with Gasteiger partial charge in [-0.25, -0.2) is 15.0 Å². The molecule has 7 aromatic carbocycles. The first kappa shape index (κ1) is 29.8. The first-order valence-corrected chi connectivity index (χ1v) is 18.1. The first-order chi connectivity index (χ1) is 26.1. The van der Waals surface area contributed by atoms with Gasteiger partial charge in [-0.1, -0.05) is 128 Å². The van der Waals surface area contributed by atoms with Crippen LogP contribution in [0.4, 0.5) is 0 Å². The average molecular weight is 682 g/mol. The Labute approximate surface area is 304 Å². The van der Waals surface area contributed by atoms with E-state index in [0.29, 0.717) is 17.5 Å². The highest BCUT2D eigenvalue weighted by Crippen LogP contribution is 2.46. The highest BCUT2D eigenvalue weighted by atomic mass is 16.3. The van der Waals surface area contributed by atoms with Crippen molar-refractivity contribution in [3.05, 3.63) is 169 Å². The molecule has 250 valence electrons. The molecular weight excluding hydrogens is 651 g/mol. The van der Waals surface area contributed by atoms with Crippen molar-refractivity contribution in [1.29, 1.82) is 0 Å². The van der Waals surface area contributed by atoms with Gasteiger partial charge >= 0.3 is 0 Å². The standard InChI is InChI=1S/C48H31N3O2/c1-28-17-23-39(43-38-15-8-14-36(45(38)53-44(28)43)33-22-24-42-40(27-33)37-13-6-7-16-41(37)52-42)48-50-46(34-20-18-29-9-2-4-11-31(29)25-34)49-47(51-48)35-21-19-30-10-3-5-12-32(30)26-35/h2-16,18-28H,17H2,1H3. The van der Waals surface area contributed by atoms with E-state index in [-0.39, 0.29) is 5.92 Å². The minimum atomic E-state index is 0.191. The number of aromatic nitrogens is 3. The van der Waals surface area contributed by atoms with E-state index < -0.39 is 0 Å². The van der Waals surface area contributed by atoms with Gasteiger partial charge in [0.1, 0.15) is 22.5 Å². The highest BCUT2D eigenvalue weighted by Gasteiger charge is 2.30. The van der Waals surface area contributed by atoms with E-state index in [0.717, 1.165) is 89.3 Å². The van der Waals surface area contributed by atoms with Crippen LogP contribution in [0.15, 0.2) is 161 Å². The van der Waals surface area contributed by atoms with Crippen LogP contribution >= 0.6 is 0 Å². The van der Waals surface area contributed by atoms with Crippen molar-refractivity contribution >= 4 is 60.0 Å². The molecule has 11 rings (SSSR count). The minimum Gasteiger partial charge on any atom is -0.459 e. The Balaban J connectivity index is 1.10. The maximum Gasteiger partial charge on any atom is 0.164 e. The van der Waals surface area contributed by atoms with Crippen LogP contribution < -0.4 is 0 Å². The molecule has 53 heavy (non-hydrogen) atoms. The van der Waals surface area contributed by atoms with Crippen molar-refractivity contribution in [1.82, 2.24) is 15.0 Å². The molecule has 0 radical (unpaired) electrons. The third-order valence-electron chi connectivity index (χ3n) is 10.7. The summed E-state index contributed by atoms with van der Waals surface area (Å²) in [5, 5.41) is 7.88. The smallest absolute Gasteiger partial charge is 0.164 e. The van der Waals surface area contributed by atoms with Gasteiger partial charge in [-0.2, -0.15) is 0 Å². The number of para-hydroxylation sites is 2. The van der Waals surface area contributed by atoms with Crippen molar-refractivity contribution in [2.75, 3.05) is 0 Å². The van der Waals surface area contributed by atoms with Crippen LogP contribution in [0.3, 0.4) is 0 Å². The summed E-state index contributed by atoms with van der Waals surface area (Å²) in [6, 6.07) is 50.6. The number of benzene rings is 7. The Morgan fingerprint density at radius 3 is 1.83 bits per heavy atom. The van der Waals surface area contributed by atoms with Gasteiger partial charge in [0, 0.05) is 49.9 Å². The normalized spacial score (nSPS) is 14.4. The summed E-state index contributed by atoms with van der Waals surface area (Å²) < 4.78 is 13.1. The molecule has 3 aromatic heterocycles. The van der Waals surface area contributed by atoms with E-state index in [2.05, 4.69) is 146 Å². The van der Waals surface area contributed by atoms with Crippen LogP contribution in [0, 0.1) is 0 Å². The molecule has 5 nitrogen and oxygen atoms in total. The van der Waals surface area contributed by atoms with Gasteiger partial charge in [0.25, 0.3) is 0 Å². The summed E-state index contributed by atoms with van der Waals surface area (Å²) in [7, 11) is 0. The maximum atomic E-state index is 6.91. The minimum absolute atomic E-state index is 0.191. The van der Waals surface area contributed by atoms with E-state index in [9.17, 15) is 0 Å². The maximum absolute atomic E-state index is 6.91. The topological polar surface area (TPSA) is 65.0 Å².